The summed E-state index contributed by atoms with van der Waals surface area (Å²) >= 11 is 0. The van der Waals surface area contributed by atoms with Crippen LogP contribution in [0.4, 0.5) is 5.69 Å². The minimum atomic E-state index is -3.27. The van der Waals surface area contributed by atoms with Crippen LogP contribution in [0.5, 0.6) is 0 Å². The zero-order valence-electron chi connectivity index (χ0n) is 14.8. The summed E-state index contributed by atoms with van der Waals surface area (Å²) in [5.74, 6) is 0.0645. The van der Waals surface area contributed by atoms with Crippen molar-refractivity contribution in [2.75, 3.05) is 17.7 Å². The molecule has 6 nitrogen and oxygen atoms in total. The second kappa shape index (κ2) is 7.29. The molecule has 0 fully saturated rings. The first-order valence-corrected chi connectivity index (χ1v) is 10.4. The van der Waals surface area contributed by atoms with Crippen molar-refractivity contribution in [3.05, 3.63) is 60.4 Å². The highest BCUT2D eigenvalue weighted by molar-refractivity contribution is 7.89. The van der Waals surface area contributed by atoms with Crippen molar-refractivity contribution >= 4 is 32.5 Å². The van der Waals surface area contributed by atoms with Crippen LogP contribution in [0.1, 0.15) is 12.7 Å². The normalized spacial score (nSPS) is 11.6. The average Bonchev–Trinajstić information content (AvgIpc) is 2.92. The van der Waals surface area contributed by atoms with E-state index in [0.717, 1.165) is 11.2 Å². The van der Waals surface area contributed by atoms with Crippen LogP contribution < -0.4 is 4.90 Å². The lowest BCUT2D eigenvalue weighted by atomic mass is 10.2. The second-order valence-electron chi connectivity index (χ2n) is 6.15. The van der Waals surface area contributed by atoms with Crippen molar-refractivity contribution in [2.24, 2.45) is 0 Å². The third-order valence-corrected chi connectivity index (χ3v) is 4.89. The maximum absolute atomic E-state index is 12.9. The summed E-state index contributed by atoms with van der Waals surface area (Å²) in [6.07, 6.45) is 1.17. The lowest BCUT2D eigenvalue weighted by molar-refractivity contribution is -0.119. The first-order valence-electron chi connectivity index (χ1n) is 8.36. The molecule has 0 atom stereocenters. The maximum Gasteiger partial charge on any atom is 0.246 e. The summed E-state index contributed by atoms with van der Waals surface area (Å²) in [5, 5.41) is 0. The van der Waals surface area contributed by atoms with Gasteiger partial charge in [-0.15, -0.1) is 0 Å². The molecule has 0 bridgehead atoms. The van der Waals surface area contributed by atoms with Crippen LogP contribution >= 0.6 is 0 Å². The Balaban J connectivity index is 1.99. The van der Waals surface area contributed by atoms with Gasteiger partial charge in [-0.2, -0.15) is 0 Å². The molecule has 0 aliphatic carbocycles. The zero-order valence-corrected chi connectivity index (χ0v) is 15.6. The van der Waals surface area contributed by atoms with Gasteiger partial charge >= 0.3 is 0 Å². The van der Waals surface area contributed by atoms with Gasteiger partial charge in [0.15, 0.2) is 9.84 Å². The number of sulfone groups is 1. The molecule has 26 heavy (non-hydrogen) atoms. The van der Waals surface area contributed by atoms with E-state index in [4.69, 9.17) is 0 Å². The number of likely N-dealkylation sites (N-methyl/N-ethyl adjacent to an activating group) is 1. The number of carbonyl (C=O) groups excluding carboxylic acids is 1. The highest BCUT2D eigenvalue weighted by Crippen LogP contribution is 2.20. The zero-order chi connectivity index (χ0) is 18.7. The molecule has 0 aliphatic rings. The number of hydrogen-bond acceptors (Lipinski definition) is 4. The van der Waals surface area contributed by atoms with Gasteiger partial charge in [0.1, 0.15) is 18.1 Å². The molecule has 1 amide bonds. The van der Waals surface area contributed by atoms with Gasteiger partial charge in [0.25, 0.3) is 0 Å². The van der Waals surface area contributed by atoms with E-state index in [1.54, 1.807) is 9.47 Å². The number of rotatable bonds is 6. The Morgan fingerprint density at radius 2 is 1.73 bits per heavy atom. The molecule has 0 unspecified atom stereocenters. The van der Waals surface area contributed by atoms with E-state index in [9.17, 15) is 13.2 Å². The topological polar surface area (TPSA) is 72.3 Å². The number of anilines is 1. The molecular formula is C19H21N3O3S. The molecule has 1 aromatic heterocycles. The van der Waals surface area contributed by atoms with Crippen molar-refractivity contribution in [3.63, 3.8) is 0 Å². The number of amides is 1. The first-order chi connectivity index (χ1) is 12.4. The van der Waals surface area contributed by atoms with Gasteiger partial charge < -0.3 is 9.47 Å². The first kappa shape index (κ1) is 18.1. The van der Waals surface area contributed by atoms with Crippen molar-refractivity contribution < 1.29 is 13.2 Å². The molecule has 0 radical (unpaired) electrons. The smallest absolute Gasteiger partial charge is 0.246 e. The predicted molar refractivity (Wildman–Crippen MR) is 103 cm³/mol. The number of hydrogen-bond donors (Lipinski definition) is 0. The van der Waals surface area contributed by atoms with Crippen LogP contribution in [0.15, 0.2) is 54.6 Å². The monoisotopic (exact) mass is 371 g/mol. The van der Waals surface area contributed by atoms with Crippen LogP contribution in [0, 0.1) is 0 Å². The Labute approximate surface area is 153 Å². The standard InChI is InChI=1S/C19H21N3O3S/c1-3-21(15-9-5-4-6-10-15)19(23)13-22-17-12-8-7-11-16(17)20-18(22)14-26(2,24)25/h4-12H,3,13-14H2,1-2H3. The molecule has 2 aromatic carbocycles. The summed E-state index contributed by atoms with van der Waals surface area (Å²) in [6, 6.07) is 16.8. The third-order valence-electron chi connectivity index (χ3n) is 4.10. The summed E-state index contributed by atoms with van der Waals surface area (Å²) in [7, 11) is -3.27. The molecule has 3 rings (SSSR count). The quantitative estimate of drug-likeness (QED) is 0.668. The largest absolute Gasteiger partial charge is 0.318 e. The van der Waals surface area contributed by atoms with Crippen LogP contribution in [-0.2, 0) is 26.9 Å². The van der Waals surface area contributed by atoms with E-state index in [2.05, 4.69) is 4.98 Å². The van der Waals surface area contributed by atoms with E-state index >= 15 is 0 Å². The van der Waals surface area contributed by atoms with Gasteiger partial charge in [0.05, 0.1) is 11.0 Å². The number of carbonyl (C=O) groups is 1. The van der Waals surface area contributed by atoms with Gasteiger partial charge in [-0.3, -0.25) is 4.79 Å². The Kier molecular flexibility index (Phi) is 5.08. The van der Waals surface area contributed by atoms with Gasteiger partial charge in [0, 0.05) is 18.5 Å². The van der Waals surface area contributed by atoms with Crippen LogP contribution in [0.25, 0.3) is 11.0 Å². The number of benzene rings is 2. The molecule has 7 heteroatoms. The van der Waals surface area contributed by atoms with E-state index in [1.807, 2.05) is 61.5 Å². The third kappa shape index (κ3) is 3.94. The Morgan fingerprint density at radius 1 is 1.08 bits per heavy atom. The van der Waals surface area contributed by atoms with Gasteiger partial charge in [-0.25, -0.2) is 13.4 Å². The molecule has 0 saturated carbocycles. The number of aromatic nitrogens is 2. The van der Waals surface area contributed by atoms with Crippen molar-refractivity contribution in [1.82, 2.24) is 9.55 Å². The average molecular weight is 371 g/mol. The molecule has 0 spiro atoms. The summed E-state index contributed by atoms with van der Waals surface area (Å²) in [5.41, 5.74) is 2.25. The van der Waals surface area contributed by atoms with E-state index in [0.29, 0.717) is 17.9 Å². The summed E-state index contributed by atoms with van der Waals surface area (Å²) in [6.45, 7) is 2.47. The summed E-state index contributed by atoms with van der Waals surface area (Å²) < 4.78 is 25.3. The van der Waals surface area contributed by atoms with Gasteiger partial charge in [-0.05, 0) is 31.2 Å². The van der Waals surface area contributed by atoms with E-state index < -0.39 is 9.84 Å². The molecular weight excluding hydrogens is 350 g/mol. The molecule has 136 valence electrons. The lowest BCUT2D eigenvalue weighted by Gasteiger charge is -2.22. The second-order valence-corrected chi connectivity index (χ2v) is 8.29. The molecule has 0 saturated heterocycles. The minimum Gasteiger partial charge on any atom is -0.318 e. The van der Waals surface area contributed by atoms with Gasteiger partial charge in [-0.1, -0.05) is 30.3 Å². The Hall–Kier alpha value is -2.67. The minimum absolute atomic E-state index is 0.0358. The SMILES string of the molecule is CCN(C(=O)Cn1c(CS(C)(=O)=O)nc2ccccc21)c1ccccc1. The number of nitrogens with zero attached hydrogens (tertiary/aromatic N) is 3. The Bertz CT molecular complexity index is 1030. The fourth-order valence-electron chi connectivity index (χ4n) is 2.98. The number of fused-ring (bicyclic) bond motifs is 1. The van der Waals surface area contributed by atoms with E-state index in [1.165, 1.54) is 6.26 Å². The predicted octanol–water partition coefficient (Wildman–Crippen LogP) is 2.63. The number of imidazole rings is 1. The fraction of sp³-hybridized carbons (Fsp3) is 0.263. The van der Waals surface area contributed by atoms with Crippen molar-refractivity contribution in [1.29, 1.82) is 0 Å². The van der Waals surface area contributed by atoms with Crippen LogP contribution in [0.3, 0.4) is 0 Å². The van der Waals surface area contributed by atoms with Crippen LogP contribution in [-0.4, -0.2) is 36.7 Å². The molecule has 0 aliphatic heterocycles. The number of para-hydroxylation sites is 3. The van der Waals surface area contributed by atoms with Crippen molar-refractivity contribution in [2.45, 2.75) is 19.2 Å². The molecule has 0 N–H and O–H groups in total. The molecule has 1 heterocycles. The fourth-order valence-corrected chi connectivity index (χ4v) is 3.67. The lowest BCUT2D eigenvalue weighted by Crippen LogP contribution is -2.34. The van der Waals surface area contributed by atoms with Gasteiger partial charge in [0.2, 0.25) is 5.91 Å². The van der Waals surface area contributed by atoms with Crippen LogP contribution in [0.2, 0.25) is 0 Å². The van der Waals surface area contributed by atoms with Crippen molar-refractivity contribution in [3.8, 4) is 0 Å². The summed E-state index contributed by atoms with van der Waals surface area (Å²) in [4.78, 5) is 19.0. The molecule has 3 aromatic rings. The maximum atomic E-state index is 12.9. The highest BCUT2D eigenvalue weighted by atomic mass is 32.2. The Morgan fingerprint density at radius 3 is 2.38 bits per heavy atom. The highest BCUT2D eigenvalue weighted by Gasteiger charge is 2.20. The van der Waals surface area contributed by atoms with E-state index in [-0.39, 0.29) is 18.2 Å².